The van der Waals surface area contributed by atoms with Gasteiger partial charge in [-0.25, -0.2) is 0 Å². The molecule has 0 bridgehead atoms. The van der Waals surface area contributed by atoms with E-state index in [4.69, 9.17) is 9.47 Å². The monoisotopic (exact) mass is 291 g/mol. The highest BCUT2D eigenvalue weighted by atomic mass is 32.1. The highest BCUT2D eigenvalue weighted by molar-refractivity contribution is 7.14. The Morgan fingerprint density at radius 1 is 1.10 bits per heavy atom. The van der Waals surface area contributed by atoms with Gasteiger partial charge in [0, 0.05) is 16.6 Å². The first-order valence-corrected chi connectivity index (χ1v) is 6.97. The summed E-state index contributed by atoms with van der Waals surface area (Å²) in [5.74, 6) is 1.13. The van der Waals surface area contributed by atoms with Gasteiger partial charge in [0.2, 0.25) is 0 Å². The first-order chi connectivity index (χ1) is 9.55. The number of ether oxygens (including phenoxy) is 2. The highest BCUT2D eigenvalue weighted by Gasteiger charge is 2.13. The Bertz CT molecular complexity index is 634. The fourth-order valence-corrected chi connectivity index (χ4v) is 2.62. The van der Waals surface area contributed by atoms with Crippen LogP contribution in [0, 0.1) is 13.8 Å². The molecule has 0 saturated carbocycles. The Kier molecular flexibility index (Phi) is 4.29. The molecular formula is C15H17NO3S. The van der Waals surface area contributed by atoms with Gasteiger partial charge in [0.15, 0.2) is 11.5 Å². The largest absolute Gasteiger partial charge is 0.493 e. The van der Waals surface area contributed by atoms with Crippen molar-refractivity contribution in [2.75, 3.05) is 19.5 Å². The zero-order valence-electron chi connectivity index (χ0n) is 11.9. The number of carbonyl (C=O) groups excluding carboxylic acids is 1. The lowest BCUT2D eigenvalue weighted by molar-refractivity contribution is 0.103. The topological polar surface area (TPSA) is 47.6 Å². The van der Waals surface area contributed by atoms with Crippen molar-refractivity contribution in [2.24, 2.45) is 0 Å². The van der Waals surface area contributed by atoms with E-state index in [1.54, 1.807) is 20.3 Å². The van der Waals surface area contributed by atoms with Gasteiger partial charge in [0.25, 0.3) is 5.91 Å². The van der Waals surface area contributed by atoms with Crippen LogP contribution in [0.25, 0.3) is 0 Å². The molecule has 2 aromatic rings. The van der Waals surface area contributed by atoms with Crippen molar-refractivity contribution in [1.29, 1.82) is 0 Å². The summed E-state index contributed by atoms with van der Waals surface area (Å²) in [7, 11) is 3.16. The van der Waals surface area contributed by atoms with Crippen LogP contribution in [-0.2, 0) is 0 Å². The second-order valence-corrected chi connectivity index (χ2v) is 5.67. The molecule has 106 valence electrons. The molecule has 1 N–H and O–H groups in total. The molecule has 1 heterocycles. The number of anilines is 1. The van der Waals surface area contributed by atoms with Gasteiger partial charge >= 0.3 is 0 Å². The molecule has 4 nitrogen and oxygen atoms in total. The van der Waals surface area contributed by atoms with Crippen LogP contribution in [0.4, 0.5) is 5.69 Å². The van der Waals surface area contributed by atoms with Crippen molar-refractivity contribution in [2.45, 2.75) is 13.8 Å². The van der Waals surface area contributed by atoms with E-state index < -0.39 is 0 Å². The van der Waals surface area contributed by atoms with Crippen LogP contribution in [0.2, 0.25) is 0 Å². The number of benzene rings is 1. The van der Waals surface area contributed by atoms with Gasteiger partial charge in [-0.3, -0.25) is 4.79 Å². The number of aryl methyl sites for hydroxylation is 2. The van der Waals surface area contributed by atoms with Gasteiger partial charge < -0.3 is 14.8 Å². The van der Waals surface area contributed by atoms with Crippen molar-refractivity contribution < 1.29 is 14.3 Å². The van der Waals surface area contributed by atoms with Crippen molar-refractivity contribution in [3.8, 4) is 11.5 Å². The number of hydrogen-bond donors (Lipinski definition) is 1. The van der Waals surface area contributed by atoms with Crippen molar-refractivity contribution in [3.63, 3.8) is 0 Å². The summed E-state index contributed by atoms with van der Waals surface area (Å²) in [6.07, 6.45) is 0. The average molecular weight is 291 g/mol. The maximum absolute atomic E-state index is 12.2. The summed E-state index contributed by atoms with van der Waals surface area (Å²) in [4.78, 5) is 14.0. The third-order valence-electron chi connectivity index (χ3n) is 2.94. The Balaban J connectivity index is 2.27. The van der Waals surface area contributed by atoms with E-state index in [1.165, 1.54) is 11.3 Å². The lowest BCUT2D eigenvalue weighted by atomic mass is 10.1. The van der Waals surface area contributed by atoms with E-state index in [-0.39, 0.29) is 5.91 Å². The molecule has 0 aliphatic carbocycles. The van der Waals surface area contributed by atoms with E-state index in [0.717, 1.165) is 16.1 Å². The maximum atomic E-state index is 12.2. The quantitative estimate of drug-likeness (QED) is 0.935. The molecule has 0 aliphatic rings. The van der Waals surface area contributed by atoms with Gasteiger partial charge in [0.1, 0.15) is 0 Å². The second-order valence-electron chi connectivity index (χ2n) is 4.39. The van der Waals surface area contributed by atoms with Crippen molar-refractivity contribution in [3.05, 3.63) is 39.6 Å². The van der Waals surface area contributed by atoms with E-state index in [9.17, 15) is 4.79 Å². The summed E-state index contributed by atoms with van der Waals surface area (Å²) in [6, 6.07) is 7.37. The zero-order chi connectivity index (χ0) is 14.7. The van der Waals surface area contributed by atoms with Gasteiger partial charge in [-0.15, -0.1) is 11.3 Å². The van der Waals surface area contributed by atoms with Crippen LogP contribution >= 0.6 is 11.3 Å². The molecule has 2 rings (SSSR count). The molecule has 1 aromatic carbocycles. The van der Waals surface area contributed by atoms with E-state index in [1.807, 2.05) is 32.0 Å². The van der Waals surface area contributed by atoms with Crippen molar-refractivity contribution in [1.82, 2.24) is 0 Å². The molecule has 0 unspecified atom stereocenters. The first-order valence-electron chi connectivity index (χ1n) is 6.15. The molecule has 20 heavy (non-hydrogen) atoms. The Morgan fingerprint density at radius 3 is 2.30 bits per heavy atom. The van der Waals surface area contributed by atoms with Crippen LogP contribution in [0.15, 0.2) is 24.3 Å². The molecule has 0 atom stereocenters. The van der Waals surface area contributed by atoms with Crippen LogP contribution in [0.3, 0.4) is 0 Å². The minimum Gasteiger partial charge on any atom is -0.493 e. The minimum atomic E-state index is -0.113. The molecule has 0 fully saturated rings. The third kappa shape index (κ3) is 2.93. The van der Waals surface area contributed by atoms with E-state index in [0.29, 0.717) is 16.4 Å². The number of nitrogens with one attached hydrogen (secondary N) is 1. The maximum Gasteiger partial charge on any atom is 0.265 e. The predicted octanol–water partition coefficient (Wildman–Crippen LogP) is 3.63. The van der Waals surface area contributed by atoms with E-state index >= 15 is 0 Å². The number of thiophene rings is 1. The summed E-state index contributed by atoms with van der Waals surface area (Å²) >= 11 is 1.47. The molecule has 5 heteroatoms. The average Bonchev–Trinajstić information content (AvgIpc) is 2.87. The summed E-state index contributed by atoms with van der Waals surface area (Å²) in [5.41, 5.74) is 1.64. The molecule has 1 aromatic heterocycles. The van der Waals surface area contributed by atoms with Crippen LogP contribution in [0.1, 0.15) is 20.1 Å². The minimum absolute atomic E-state index is 0.113. The fourth-order valence-electron chi connectivity index (χ4n) is 1.86. The summed E-state index contributed by atoms with van der Waals surface area (Å²) in [6.45, 7) is 3.89. The molecule has 0 aliphatic heterocycles. The number of carbonyl (C=O) groups is 1. The van der Waals surface area contributed by atoms with Gasteiger partial charge in [0.05, 0.1) is 19.1 Å². The summed E-state index contributed by atoms with van der Waals surface area (Å²) < 4.78 is 10.5. The predicted molar refractivity (Wildman–Crippen MR) is 81.3 cm³/mol. The summed E-state index contributed by atoms with van der Waals surface area (Å²) in [5, 5.41) is 2.90. The number of methoxy groups -OCH3 is 2. The normalized spacial score (nSPS) is 10.2. The first kappa shape index (κ1) is 14.4. The SMILES string of the molecule is COc1cc(C)c(NC(=O)c2ccc(C)s2)cc1OC. The fraction of sp³-hybridized carbons (Fsp3) is 0.267. The van der Waals surface area contributed by atoms with Gasteiger partial charge in [-0.2, -0.15) is 0 Å². The second kappa shape index (κ2) is 5.96. The molecule has 0 spiro atoms. The van der Waals surface area contributed by atoms with Gasteiger partial charge in [-0.1, -0.05) is 0 Å². The lowest BCUT2D eigenvalue weighted by Crippen LogP contribution is -2.11. The Hall–Kier alpha value is -2.01. The van der Waals surface area contributed by atoms with Gasteiger partial charge in [-0.05, 0) is 37.6 Å². The number of hydrogen-bond acceptors (Lipinski definition) is 4. The Morgan fingerprint density at radius 2 is 1.75 bits per heavy atom. The third-order valence-corrected chi connectivity index (χ3v) is 3.94. The molecule has 0 radical (unpaired) electrons. The molecular weight excluding hydrogens is 274 g/mol. The zero-order valence-corrected chi connectivity index (χ0v) is 12.8. The van der Waals surface area contributed by atoms with Crippen molar-refractivity contribution >= 4 is 22.9 Å². The molecule has 1 amide bonds. The standard InChI is InChI=1S/C15H17NO3S/c1-9-7-12(18-3)13(19-4)8-11(9)16-15(17)14-6-5-10(2)20-14/h5-8H,1-4H3,(H,16,17). The highest BCUT2D eigenvalue weighted by Crippen LogP contribution is 2.33. The smallest absolute Gasteiger partial charge is 0.265 e. The van der Waals surface area contributed by atoms with Crippen LogP contribution in [-0.4, -0.2) is 20.1 Å². The van der Waals surface area contributed by atoms with E-state index in [2.05, 4.69) is 5.32 Å². The lowest BCUT2D eigenvalue weighted by Gasteiger charge is -2.13. The number of rotatable bonds is 4. The van der Waals surface area contributed by atoms with Crippen LogP contribution in [0.5, 0.6) is 11.5 Å². The Labute approximate surface area is 122 Å². The van der Waals surface area contributed by atoms with Crippen LogP contribution < -0.4 is 14.8 Å². The number of amides is 1. The molecule has 0 saturated heterocycles.